The van der Waals surface area contributed by atoms with Crippen LogP contribution in [0.15, 0.2) is 12.4 Å². The molecule has 19 heavy (non-hydrogen) atoms. The fraction of sp³-hybridized carbons (Fsp3) is 0.615. The second-order valence-corrected chi connectivity index (χ2v) is 5.75. The molecule has 0 aliphatic carbocycles. The molecule has 1 atom stereocenters. The molecule has 104 valence electrons. The Morgan fingerprint density at radius 3 is 3.16 bits per heavy atom. The Morgan fingerprint density at radius 2 is 2.42 bits per heavy atom. The summed E-state index contributed by atoms with van der Waals surface area (Å²) in [7, 11) is 0. The summed E-state index contributed by atoms with van der Waals surface area (Å²) in [5.74, 6) is 2.72. The Hall–Kier alpha value is -1.30. The number of anilines is 1. The normalized spacial score (nSPS) is 18.9. The SMILES string of the molecule is CCCNc1cncc(C(=O)NC2CCCSC2)n1. The van der Waals surface area contributed by atoms with Gasteiger partial charge in [-0.1, -0.05) is 6.92 Å². The zero-order chi connectivity index (χ0) is 13.5. The van der Waals surface area contributed by atoms with Crippen LogP contribution >= 0.6 is 11.8 Å². The highest BCUT2D eigenvalue weighted by molar-refractivity contribution is 7.99. The molecule has 1 aromatic heterocycles. The monoisotopic (exact) mass is 280 g/mol. The van der Waals surface area contributed by atoms with Crippen molar-refractivity contribution in [2.45, 2.75) is 32.2 Å². The van der Waals surface area contributed by atoms with E-state index in [0.717, 1.165) is 25.1 Å². The van der Waals surface area contributed by atoms with Crippen molar-refractivity contribution in [3.63, 3.8) is 0 Å². The second-order valence-electron chi connectivity index (χ2n) is 4.60. The minimum Gasteiger partial charge on any atom is -0.369 e. The molecule has 2 rings (SSSR count). The molecule has 1 aromatic rings. The molecule has 0 radical (unpaired) electrons. The zero-order valence-corrected chi connectivity index (χ0v) is 12.0. The molecule has 1 fully saturated rings. The minimum atomic E-state index is -0.125. The Labute approximate surface area is 118 Å². The van der Waals surface area contributed by atoms with E-state index in [2.05, 4.69) is 27.5 Å². The van der Waals surface area contributed by atoms with E-state index in [1.165, 1.54) is 18.4 Å². The van der Waals surface area contributed by atoms with E-state index in [-0.39, 0.29) is 11.9 Å². The number of hydrogen-bond acceptors (Lipinski definition) is 5. The Bertz CT molecular complexity index is 421. The van der Waals surface area contributed by atoms with Crippen LogP contribution in [0.5, 0.6) is 0 Å². The third-order valence-electron chi connectivity index (χ3n) is 2.92. The molecule has 0 aromatic carbocycles. The summed E-state index contributed by atoms with van der Waals surface area (Å²) >= 11 is 1.89. The summed E-state index contributed by atoms with van der Waals surface area (Å²) in [6, 6.07) is 0.264. The van der Waals surface area contributed by atoms with Crippen molar-refractivity contribution in [1.29, 1.82) is 0 Å². The van der Waals surface area contributed by atoms with Gasteiger partial charge in [0.15, 0.2) is 0 Å². The maximum Gasteiger partial charge on any atom is 0.271 e. The molecule has 2 heterocycles. The van der Waals surface area contributed by atoms with Crippen LogP contribution in [0.25, 0.3) is 0 Å². The van der Waals surface area contributed by atoms with Crippen molar-refractivity contribution in [3.8, 4) is 0 Å². The first kappa shape index (κ1) is 14.1. The van der Waals surface area contributed by atoms with Crippen LogP contribution in [-0.2, 0) is 0 Å². The van der Waals surface area contributed by atoms with E-state index in [4.69, 9.17) is 0 Å². The molecule has 0 bridgehead atoms. The van der Waals surface area contributed by atoms with Crippen molar-refractivity contribution >= 4 is 23.5 Å². The van der Waals surface area contributed by atoms with Gasteiger partial charge in [-0.25, -0.2) is 4.98 Å². The maximum atomic E-state index is 12.1. The van der Waals surface area contributed by atoms with Crippen LogP contribution < -0.4 is 10.6 Å². The molecule has 1 saturated heterocycles. The number of carbonyl (C=O) groups excluding carboxylic acids is 1. The lowest BCUT2D eigenvalue weighted by Crippen LogP contribution is -2.38. The molecule has 2 N–H and O–H groups in total. The molecule has 1 unspecified atom stereocenters. The van der Waals surface area contributed by atoms with Crippen molar-refractivity contribution in [1.82, 2.24) is 15.3 Å². The first-order valence-corrected chi connectivity index (χ1v) is 7.89. The minimum absolute atomic E-state index is 0.125. The molecule has 0 saturated carbocycles. The standard InChI is InChI=1S/C13H20N4OS/c1-2-5-15-12-8-14-7-11(17-12)13(18)16-10-4-3-6-19-9-10/h7-8,10H,2-6,9H2,1H3,(H,15,17)(H,16,18). The fourth-order valence-electron chi connectivity index (χ4n) is 1.93. The lowest BCUT2D eigenvalue weighted by atomic mass is 10.2. The van der Waals surface area contributed by atoms with E-state index >= 15 is 0 Å². The Morgan fingerprint density at radius 1 is 1.53 bits per heavy atom. The van der Waals surface area contributed by atoms with Crippen LogP contribution in [-0.4, -0.2) is 40.0 Å². The number of nitrogens with one attached hydrogen (secondary N) is 2. The van der Waals surface area contributed by atoms with Gasteiger partial charge in [-0.05, 0) is 25.0 Å². The average molecular weight is 280 g/mol. The highest BCUT2D eigenvalue weighted by Crippen LogP contribution is 2.17. The van der Waals surface area contributed by atoms with E-state index in [9.17, 15) is 4.79 Å². The van der Waals surface area contributed by atoms with Crippen LogP contribution in [0.3, 0.4) is 0 Å². The smallest absolute Gasteiger partial charge is 0.271 e. The van der Waals surface area contributed by atoms with Gasteiger partial charge in [0, 0.05) is 18.3 Å². The number of aromatic nitrogens is 2. The summed E-state index contributed by atoms with van der Waals surface area (Å²) in [6.45, 7) is 2.91. The van der Waals surface area contributed by atoms with Gasteiger partial charge in [0.25, 0.3) is 5.91 Å². The van der Waals surface area contributed by atoms with Gasteiger partial charge in [-0.15, -0.1) is 0 Å². The van der Waals surface area contributed by atoms with Gasteiger partial charge < -0.3 is 10.6 Å². The van der Waals surface area contributed by atoms with Crippen LogP contribution in [0.2, 0.25) is 0 Å². The maximum absolute atomic E-state index is 12.1. The van der Waals surface area contributed by atoms with E-state index in [1.54, 1.807) is 6.20 Å². The van der Waals surface area contributed by atoms with Crippen molar-refractivity contribution in [2.24, 2.45) is 0 Å². The summed E-state index contributed by atoms with van der Waals surface area (Å²) in [5, 5.41) is 6.16. The molecule has 5 nitrogen and oxygen atoms in total. The summed E-state index contributed by atoms with van der Waals surface area (Å²) in [6.07, 6.45) is 6.39. The van der Waals surface area contributed by atoms with Crippen LogP contribution in [0.4, 0.5) is 5.82 Å². The number of amides is 1. The number of rotatable bonds is 5. The highest BCUT2D eigenvalue weighted by Gasteiger charge is 2.18. The summed E-state index contributed by atoms with van der Waals surface area (Å²) in [5.41, 5.74) is 0.386. The first-order chi connectivity index (χ1) is 9.29. The van der Waals surface area contributed by atoms with Gasteiger partial charge in [0.05, 0.1) is 12.4 Å². The molecule has 1 aliphatic rings. The van der Waals surface area contributed by atoms with Crippen molar-refractivity contribution in [2.75, 3.05) is 23.4 Å². The third kappa shape index (κ3) is 4.38. The number of thioether (sulfide) groups is 1. The quantitative estimate of drug-likeness (QED) is 0.862. The topological polar surface area (TPSA) is 66.9 Å². The van der Waals surface area contributed by atoms with E-state index < -0.39 is 0 Å². The lowest BCUT2D eigenvalue weighted by Gasteiger charge is -2.22. The van der Waals surface area contributed by atoms with E-state index in [1.807, 2.05) is 11.8 Å². The van der Waals surface area contributed by atoms with Crippen LogP contribution in [0, 0.1) is 0 Å². The molecule has 1 aliphatic heterocycles. The highest BCUT2D eigenvalue weighted by atomic mass is 32.2. The predicted octanol–water partition coefficient (Wildman–Crippen LogP) is 1.92. The molecular formula is C13H20N4OS. The van der Waals surface area contributed by atoms with Gasteiger partial charge in [0.2, 0.25) is 0 Å². The summed E-state index contributed by atoms with van der Waals surface area (Å²) < 4.78 is 0. The Balaban J connectivity index is 1.93. The van der Waals surface area contributed by atoms with Crippen molar-refractivity contribution < 1.29 is 4.79 Å². The predicted molar refractivity (Wildman–Crippen MR) is 78.6 cm³/mol. The van der Waals surface area contributed by atoms with Crippen LogP contribution in [0.1, 0.15) is 36.7 Å². The third-order valence-corrected chi connectivity index (χ3v) is 4.13. The van der Waals surface area contributed by atoms with E-state index in [0.29, 0.717) is 11.5 Å². The number of nitrogens with zero attached hydrogens (tertiary/aromatic N) is 2. The van der Waals surface area contributed by atoms with Gasteiger partial charge >= 0.3 is 0 Å². The fourth-order valence-corrected chi connectivity index (χ4v) is 3.00. The lowest BCUT2D eigenvalue weighted by molar-refractivity contribution is 0.0933. The first-order valence-electron chi connectivity index (χ1n) is 6.74. The van der Waals surface area contributed by atoms with Crippen molar-refractivity contribution in [3.05, 3.63) is 18.1 Å². The molecule has 1 amide bonds. The van der Waals surface area contributed by atoms with Gasteiger partial charge in [-0.2, -0.15) is 11.8 Å². The van der Waals surface area contributed by atoms with Gasteiger partial charge in [-0.3, -0.25) is 9.78 Å². The Kier molecular flexibility index (Phi) is 5.44. The molecule has 6 heteroatoms. The second kappa shape index (κ2) is 7.33. The van der Waals surface area contributed by atoms with Gasteiger partial charge in [0.1, 0.15) is 11.5 Å². The average Bonchev–Trinajstić information content (AvgIpc) is 2.46. The number of hydrogen-bond donors (Lipinski definition) is 2. The molecule has 0 spiro atoms. The number of carbonyl (C=O) groups is 1. The summed E-state index contributed by atoms with van der Waals surface area (Å²) in [4.78, 5) is 20.4. The zero-order valence-electron chi connectivity index (χ0n) is 11.2. The molecular weight excluding hydrogens is 260 g/mol. The largest absolute Gasteiger partial charge is 0.369 e.